The summed E-state index contributed by atoms with van der Waals surface area (Å²) in [5.41, 5.74) is 8.03. The molecule has 0 radical (unpaired) electrons. The summed E-state index contributed by atoms with van der Waals surface area (Å²) in [5.74, 6) is -0.119. The van der Waals surface area contributed by atoms with Crippen molar-refractivity contribution in [2.75, 3.05) is 12.3 Å². The van der Waals surface area contributed by atoms with Crippen molar-refractivity contribution in [3.8, 4) is 5.69 Å². The first-order chi connectivity index (χ1) is 13.8. The Hall–Kier alpha value is -2.35. The molecule has 1 amide bonds. The van der Waals surface area contributed by atoms with Crippen molar-refractivity contribution in [3.05, 3.63) is 84.2 Å². The van der Waals surface area contributed by atoms with Gasteiger partial charge < -0.3 is 10.6 Å². The van der Waals surface area contributed by atoms with Gasteiger partial charge in [-0.05, 0) is 48.9 Å². The van der Waals surface area contributed by atoms with Gasteiger partial charge in [-0.25, -0.2) is 9.55 Å². The predicted molar refractivity (Wildman–Crippen MR) is 117 cm³/mol. The summed E-state index contributed by atoms with van der Waals surface area (Å²) in [6.07, 6.45) is 0.394. The van der Waals surface area contributed by atoms with Crippen LogP contribution in [-0.2, 0) is 13.0 Å². The first-order valence-corrected chi connectivity index (χ1v) is 10.3. The fraction of sp³-hybridized carbons (Fsp3) is 0.150. The average Bonchev–Trinajstić information content (AvgIpc) is 2.70. The summed E-state index contributed by atoms with van der Waals surface area (Å²) in [6.45, 7) is 0.599. The summed E-state index contributed by atoms with van der Waals surface area (Å²) >= 11 is 15.3. The predicted octanol–water partition coefficient (Wildman–Crippen LogP) is 4.08. The van der Waals surface area contributed by atoms with Crippen molar-refractivity contribution in [3.63, 3.8) is 0 Å². The fourth-order valence-corrected chi connectivity index (χ4v) is 3.89. The lowest BCUT2D eigenvalue weighted by atomic mass is 10.0. The van der Waals surface area contributed by atoms with Crippen LogP contribution in [-0.4, -0.2) is 26.9 Å². The third-order valence-corrected chi connectivity index (χ3v) is 6.07. The molecule has 0 bridgehead atoms. The minimum absolute atomic E-state index is 0.0832. The normalized spacial score (nSPS) is 13.3. The Morgan fingerprint density at radius 1 is 1.10 bits per heavy atom. The van der Waals surface area contributed by atoms with Crippen LogP contribution < -0.4 is 11.3 Å². The van der Waals surface area contributed by atoms with E-state index in [4.69, 9.17) is 28.9 Å². The number of fused-ring (bicyclic) bond motifs is 1. The van der Waals surface area contributed by atoms with Crippen molar-refractivity contribution < 1.29 is 4.79 Å². The molecule has 0 atom stereocenters. The number of anilines is 1. The van der Waals surface area contributed by atoms with E-state index in [-0.39, 0.29) is 24.0 Å². The van der Waals surface area contributed by atoms with Crippen LogP contribution in [0.2, 0.25) is 10.0 Å². The van der Waals surface area contributed by atoms with Crippen LogP contribution in [0.1, 0.15) is 21.6 Å². The monoisotopic (exact) mass is 492 g/mol. The maximum atomic E-state index is 13.0. The third-order valence-electron chi connectivity index (χ3n) is 4.80. The quantitative estimate of drug-likeness (QED) is 0.583. The molecule has 29 heavy (non-hydrogen) atoms. The van der Waals surface area contributed by atoms with E-state index < -0.39 is 0 Å². The summed E-state index contributed by atoms with van der Waals surface area (Å²) in [4.78, 5) is 31.9. The fourth-order valence-electron chi connectivity index (χ4n) is 3.33. The molecule has 1 aliphatic heterocycles. The Kier molecular flexibility index (Phi) is 5.38. The molecule has 2 heterocycles. The number of hydrogen-bond acceptors (Lipinski definition) is 4. The molecule has 148 valence electrons. The molecule has 4 rings (SSSR count). The lowest BCUT2D eigenvalue weighted by Crippen LogP contribution is -2.40. The number of hydrogen-bond donors (Lipinski definition) is 1. The summed E-state index contributed by atoms with van der Waals surface area (Å²) < 4.78 is 2.29. The van der Waals surface area contributed by atoms with Gasteiger partial charge in [0.05, 0.1) is 28.0 Å². The van der Waals surface area contributed by atoms with Crippen molar-refractivity contribution in [2.24, 2.45) is 0 Å². The number of nitrogens with two attached hydrogens (primary N) is 1. The van der Waals surface area contributed by atoms with Crippen LogP contribution in [0, 0.1) is 0 Å². The van der Waals surface area contributed by atoms with Gasteiger partial charge in [0.2, 0.25) is 5.95 Å². The Balaban J connectivity index is 1.67. The van der Waals surface area contributed by atoms with E-state index in [0.717, 1.165) is 4.47 Å². The van der Waals surface area contributed by atoms with Crippen molar-refractivity contribution >= 4 is 51.0 Å². The molecular weight excluding hydrogens is 479 g/mol. The lowest BCUT2D eigenvalue weighted by Gasteiger charge is -2.28. The van der Waals surface area contributed by atoms with Crippen LogP contribution in [0.4, 0.5) is 5.95 Å². The van der Waals surface area contributed by atoms with Crippen LogP contribution in [0.3, 0.4) is 0 Å². The highest BCUT2D eigenvalue weighted by Crippen LogP contribution is 2.25. The van der Waals surface area contributed by atoms with Gasteiger partial charge in [-0.2, -0.15) is 0 Å². The molecule has 9 heteroatoms. The first-order valence-electron chi connectivity index (χ1n) is 8.75. The van der Waals surface area contributed by atoms with Crippen molar-refractivity contribution in [1.29, 1.82) is 0 Å². The van der Waals surface area contributed by atoms with Crippen molar-refractivity contribution in [2.45, 2.75) is 13.0 Å². The molecule has 0 saturated carbocycles. The second-order valence-corrected chi connectivity index (χ2v) is 8.35. The highest BCUT2D eigenvalue weighted by molar-refractivity contribution is 9.10. The van der Waals surface area contributed by atoms with E-state index in [1.807, 2.05) is 12.1 Å². The summed E-state index contributed by atoms with van der Waals surface area (Å²) in [5, 5.41) is 0.699. The second-order valence-electron chi connectivity index (χ2n) is 6.62. The number of aromatic nitrogens is 2. The zero-order chi connectivity index (χ0) is 20.7. The van der Waals surface area contributed by atoms with Gasteiger partial charge in [0.15, 0.2) is 0 Å². The topological polar surface area (TPSA) is 81.2 Å². The number of benzene rings is 2. The number of carbonyl (C=O) groups excluding carboxylic acids is 1. The van der Waals surface area contributed by atoms with Gasteiger partial charge in [0.1, 0.15) is 0 Å². The summed E-state index contributed by atoms with van der Waals surface area (Å²) in [7, 11) is 0. The van der Waals surface area contributed by atoms with Crippen LogP contribution in [0.5, 0.6) is 0 Å². The van der Waals surface area contributed by atoms with Gasteiger partial charge >= 0.3 is 0 Å². The lowest BCUT2D eigenvalue weighted by molar-refractivity contribution is 0.0731. The zero-order valence-corrected chi connectivity index (χ0v) is 18.1. The second kappa shape index (κ2) is 7.82. The molecular formula is C20H15BrCl2N4O2. The molecule has 6 nitrogen and oxygen atoms in total. The SMILES string of the molecule is Nc1nc2c(c(=O)n1-c1ccc(Br)cc1)CCN(C(=O)c1ccc(Cl)c(Cl)c1)C2. The van der Waals surface area contributed by atoms with Gasteiger partial charge in [-0.15, -0.1) is 0 Å². The number of halogens is 3. The first kappa shape index (κ1) is 19.9. The van der Waals surface area contributed by atoms with E-state index in [1.165, 1.54) is 10.6 Å². The van der Waals surface area contributed by atoms with E-state index in [2.05, 4.69) is 20.9 Å². The largest absolute Gasteiger partial charge is 0.369 e. The highest BCUT2D eigenvalue weighted by atomic mass is 79.9. The molecule has 1 aliphatic rings. The molecule has 2 N–H and O–H groups in total. The Morgan fingerprint density at radius 3 is 2.52 bits per heavy atom. The van der Waals surface area contributed by atoms with E-state index in [9.17, 15) is 9.59 Å². The minimum atomic E-state index is -0.212. The average molecular weight is 494 g/mol. The molecule has 3 aromatic rings. The number of nitrogens with zero attached hydrogens (tertiary/aromatic N) is 3. The molecule has 1 aromatic heterocycles. The van der Waals surface area contributed by atoms with Gasteiger partial charge in [0, 0.05) is 22.1 Å². The Labute approximate surface area is 185 Å². The molecule has 0 fully saturated rings. The van der Waals surface area contributed by atoms with E-state index in [0.29, 0.717) is 45.5 Å². The number of amides is 1. The van der Waals surface area contributed by atoms with Gasteiger partial charge in [-0.1, -0.05) is 39.1 Å². The van der Waals surface area contributed by atoms with Crippen LogP contribution in [0.25, 0.3) is 5.69 Å². The zero-order valence-electron chi connectivity index (χ0n) is 15.0. The van der Waals surface area contributed by atoms with Crippen molar-refractivity contribution in [1.82, 2.24) is 14.5 Å². The Morgan fingerprint density at radius 2 is 1.83 bits per heavy atom. The molecule has 0 saturated heterocycles. The van der Waals surface area contributed by atoms with Crippen LogP contribution >= 0.6 is 39.1 Å². The standard InChI is InChI=1S/C20H15BrCl2N4O2/c21-12-2-4-13(5-3-12)27-19(29)14-7-8-26(10-17(14)25-20(27)24)18(28)11-1-6-15(22)16(23)9-11/h1-6,9H,7-8,10H2,(H2,24,25). The Bertz CT molecular complexity index is 1180. The van der Waals surface area contributed by atoms with Crippen LogP contribution in [0.15, 0.2) is 51.7 Å². The van der Waals surface area contributed by atoms with E-state index >= 15 is 0 Å². The molecule has 2 aromatic carbocycles. The number of nitrogen functional groups attached to an aromatic ring is 1. The highest BCUT2D eigenvalue weighted by Gasteiger charge is 2.27. The molecule has 0 spiro atoms. The number of carbonyl (C=O) groups is 1. The minimum Gasteiger partial charge on any atom is -0.369 e. The van der Waals surface area contributed by atoms with Gasteiger partial charge in [-0.3, -0.25) is 9.59 Å². The molecule has 0 aliphatic carbocycles. The maximum Gasteiger partial charge on any atom is 0.263 e. The third kappa shape index (κ3) is 3.77. The number of rotatable bonds is 2. The van der Waals surface area contributed by atoms with Gasteiger partial charge in [0.25, 0.3) is 11.5 Å². The smallest absolute Gasteiger partial charge is 0.263 e. The summed E-state index contributed by atoms with van der Waals surface area (Å²) in [6, 6.07) is 12.0. The maximum absolute atomic E-state index is 13.0. The molecule has 0 unspecified atom stereocenters. The van der Waals surface area contributed by atoms with E-state index in [1.54, 1.807) is 29.2 Å².